The second kappa shape index (κ2) is 6.54. The third-order valence-electron chi connectivity index (χ3n) is 4.00. The molecule has 1 aliphatic carbocycles. The van der Waals surface area contributed by atoms with E-state index in [2.05, 4.69) is 43.7 Å². The molecule has 2 nitrogen and oxygen atoms in total. The minimum atomic E-state index is 0.240. The summed E-state index contributed by atoms with van der Waals surface area (Å²) in [6, 6.07) is 3.49. The lowest BCUT2D eigenvalue weighted by Gasteiger charge is -2.32. The van der Waals surface area contributed by atoms with Gasteiger partial charge in [-0.25, -0.2) is 4.98 Å². The summed E-state index contributed by atoms with van der Waals surface area (Å²) in [6.45, 7) is 6.80. The van der Waals surface area contributed by atoms with Crippen LogP contribution in [-0.2, 0) is 0 Å². The zero-order chi connectivity index (χ0) is 15.3. The van der Waals surface area contributed by atoms with Gasteiger partial charge in [-0.1, -0.05) is 31.4 Å². The summed E-state index contributed by atoms with van der Waals surface area (Å²) >= 11 is 0. The lowest BCUT2D eigenvalue weighted by Crippen LogP contribution is -2.18. The molecule has 1 aromatic heterocycles. The van der Waals surface area contributed by atoms with E-state index in [4.69, 9.17) is 0 Å². The molecule has 1 aromatic rings. The van der Waals surface area contributed by atoms with E-state index in [1.165, 1.54) is 36.6 Å². The molecule has 1 aliphatic rings. The molecule has 0 saturated carbocycles. The summed E-state index contributed by atoms with van der Waals surface area (Å²) in [5.74, 6) is 6.02. The molecule has 0 atom stereocenters. The smallest absolute Gasteiger partial charge is 0.151 e. The predicted molar refractivity (Wildman–Crippen MR) is 86.0 cm³/mol. The van der Waals surface area contributed by atoms with Crippen LogP contribution in [0, 0.1) is 17.3 Å². The molecule has 0 bridgehead atoms. The minimum Gasteiger partial charge on any atom is -0.298 e. The third kappa shape index (κ3) is 3.92. The van der Waals surface area contributed by atoms with Crippen molar-refractivity contribution >= 4 is 6.29 Å². The summed E-state index contributed by atoms with van der Waals surface area (Å²) in [6.07, 6.45) is 10.1. The topological polar surface area (TPSA) is 30.0 Å². The highest BCUT2D eigenvalue weighted by Gasteiger charge is 2.26. The molecule has 21 heavy (non-hydrogen) atoms. The molecule has 0 saturated heterocycles. The van der Waals surface area contributed by atoms with Crippen LogP contribution in [0.2, 0.25) is 0 Å². The number of carbonyl (C=O) groups is 1. The number of pyridine rings is 1. The number of allylic oxidation sites excluding steroid dienone is 4. The third-order valence-corrected chi connectivity index (χ3v) is 4.00. The van der Waals surface area contributed by atoms with Crippen LogP contribution in [0.5, 0.6) is 0 Å². The molecule has 0 aromatic carbocycles. The molecular weight excluding hydrogens is 258 g/mol. The summed E-state index contributed by atoms with van der Waals surface area (Å²) in [4.78, 5) is 14.7. The minimum absolute atomic E-state index is 0.240. The zero-order valence-corrected chi connectivity index (χ0v) is 12.9. The van der Waals surface area contributed by atoms with Crippen molar-refractivity contribution in [2.75, 3.05) is 0 Å². The Balaban J connectivity index is 2.12. The van der Waals surface area contributed by atoms with Crippen molar-refractivity contribution in [1.29, 1.82) is 0 Å². The van der Waals surface area contributed by atoms with E-state index >= 15 is 0 Å². The lowest BCUT2D eigenvalue weighted by atomic mass is 9.73. The van der Waals surface area contributed by atoms with Crippen LogP contribution < -0.4 is 0 Å². The largest absolute Gasteiger partial charge is 0.298 e. The van der Waals surface area contributed by atoms with Crippen molar-refractivity contribution in [2.24, 2.45) is 5.41 Å². The Labute approximate surface area is 127 Å². The van der Waals surface area contributed by atoms with Crippen molar-refractivity contribution in [3.63, 3.8) is 0 Å². The van der Waals surface area contributed by atoms with E-state index in [1.54, 1.807) is 12.1 Å². The Bertz CT molecular complexity index is 636. The SMILES string of the molecule is CC1=C(/C=C/C#Cc2ccc(C=O)cn2)C(C)(C)CCC1. The van der Waals surface area contributed by atoms with E-state index < -0.39 is 0 Å². The molecular formula is C19H21NO. The van der Waals surface area contributed by atoms with Crippen LogP contribution in [0.25, 0.3) is 0 Å². The number of carbonyl (C=O) groups excluding carboxylic acids is 1. The number of aldehydes is 1. The first kappa shape index (κ1) is 15.3. The average Bonchev–Trinajstić information content (AvgIpc) is 2.46. The highest BCUT2D eigenvalue weighted by atomic mass is 16.1. The second-order valence-corrected chi connectivity index (χ2v) is 6.13. The Kier molecular flexibility index (Phi) is 4.75. The Hall–Kier alpha value is -2.14. The van der Waals surface area contributed by atoms with Crippen molar-refractivity contribution in [1.82, 2.24) is 4.98 Å². The molecule has 1 heterocycles. The van der Waals surface area contributed by atoms with Gasteiger partial charge < -0.3 is 0 Å². The summed E-state index contributed by atoms with van der Waals surface area (Å²) in [5.41, 5.74) is 4.37. The maximum Gasteiger partial charge on any atom is 0.151 e. The molecule has 0 aliphatic heterocycles. The van der Waals surface area contributed by atoms with Crippen molar-refractivity contribution in [2.45, 2.75) is 40.0 Å². The zero-order valence-electron chi connectivity index (χ0n) is 12.9. The van der Waals surface area contributed by atoms with Gasteiger partial charge in [-0.05, 0) is 61.3 Å². The summed E-state index contributed by atoms with van der Waals surface area (Å²) in [5, 5.41) is 0. The van der Waals surface area contributed by atoms with Gasteiger partial charge in [0.05, 0.1) is 0 Å². The van der Waals surface area contributed by atoms with Crippen LogP contribution in [0.4, 0.5) is 0 Å². The fourth-order valence-electron chi connectivity index (χ4n) is 2.80. The van der Waals surface area contributed by atoms with Gasteiger partial charge in [-0.15, -0.1) is 0 Å². The van der Waals surface area contributed by atoms with Crippen molar-refractivity contribution in [3.8, 4) is 11.8 Å². The van der Waals surface area contributed by atoms with Crippen molar-refractivity contribution in [3.05, 3.63) is 52.9 Å². The van der Waals surface area contributed by atoms with Crippen molar-refractivity contribution < 1.29 is 4.79 Å². The standard InChI is InChI=1S/C19H21NO/c1-15-7-6-12-19(2,3)18(15)9-5-4-8-17-11-10-16(14-21)13-20-17/h5,9-11,13-14H,6-7,12H2,1-3H3/b9-5+. The summed E-state index contributed by atoms with van der Waals surface area (Å²) < 4.78 is 0. The molecule has 0 radical (unpaired) electrons. The van der Waals surface area contributed by atoms with E-state index in [9.17, 15) is 4.79 Å². The van der Waals surface area contributed by atoms with Gasteiger partial charge >= 0.3 is 0 Å². The predicted octanol–water partition coefficient (Wildman–Crippen LogP) is 4.33. The highest BCUT2D eigenvalue weighted by molar-refractivity contribution is 5.74. The monoisotopic (exact) mass is 279 g/mol. The molecule has 0 N–H and O–H groups in total. The first-order valence-electron chi connectivity index (χ1n) is 7.32. The van der Waals surface area contributed by atoms with E-state index in [0.29, 0.717) is 11.3 Å². The molecule has 0 spiro atoms. The van der Waals surface area contributed by atoms with E-state index in [1.807, 2.05) is 6.08 Å². The molecule has 2 heteroatoms. The second-order valence-electron chi connectivity index (χ2n) is 6.13. The average molecular weight is 279 g/mol. The fourth-order valence-corrected chi connectivity index (χ4v) is 2.80. The first-order chi connectivity index (χ1) is 10.0. The molecule has 0 fully saturated rings. The maximum atomic E-state index is 10.6. The van der Waals surface area contributed by atoms with Gasteiger partial charge in [0.25, 0.3) is 0 Å². The number of aromatic nitrogens is 1. The Morgan fingerprint density at radius 2 is 2.14 bits per heavy atom. The Morgan fingerprint density at radius 3 is 2.76 bits per heavy atom. The van der Waals surface area contributed by atoms with Gasteiger partial charge in [0, 0.05) is 11.8 Å². The van der Waals surface area contributed by atoms with Crippen LogP contribution in [0.3, 0.4) is 0 Å². The summed E-state index contributed by atoms with van der Waals surface area (Å²) in [7, 11) is 0. The van der Waals surface area contributed by atoms with Gasteiger partial charge in [0.15, 0.2) is 6.29 Å². The van der Waals surface area contributed by atoms with Crippen LogP contribution in [0.1, 0.15) is 56.1 Å². The number of hydrogen-bond acceptors (Lipinski definition) is 2. The quantitative estimate of drug-likeness (QED) is 0.596. The number of nitrogens with zero attached hydrogens (tertiary/aromatic N) is 1. The van der Waals surface area contributed by atoms with Crippen LogP contribution in [0.15, 0.2) is 41.6 Å². The van der Waals surface area contributed by atoms with E-state index in [-0.39, 0.29) is 5.41 Å². The number of rotatable bonds is 2. The van der Waals surface area contributed by atoms with Gasteiger partial charge in [0.1, 0.15) is 5.69 Å². The molecule has 0 unspecified atom stereocenters. The maximum absolute atomic E-state index is 10.6. The molecule has 0 amide bonds. The fraction of sp³-hybridized carbons (Fsp3) is 0.368. The lowest BCUT2D eigenvalue weighted by molar-refractivity contribution is 0.112. The molecule has 2 rings (SSSR count). The van der Waals surface area contributed by atoms with E-state index in [0.717, 1.165) is 6.29 Å². The van der Waals surface area contributed by atoms with Gasteiger partial charge in [-0.2, -0.15) is 0 Å². The first-order valence-corrected chi connectivity index (χ1v) is 7.32. The van der Waals surface area contributed by atoms with Crippen LogP contribution >= 0.6 is 0 Å². The Morgan fingerprint density at radius 1 is 1.33 bits per heavy atom. The normalized spacial score (nSPS) is 17.5. The number of hydrogen-bond donors (Lipinski definition) is 0. The van der Waals surface area contributed by atoms with Gasteiger partial charge in [-0.3, -0.25) is 4.79 Å². The molecule has 108 valence electrons. The van der Waals surface area contributed by atoms with Gasteiger partial charge in [0.2, 0.25) is 0 Å². The van der Waals surface area contributed by atoms with Crippen LogP contribution in [-0.4, -0.2) is 11.3 Å². The highest BCUT2D eigenvalue weighted by Crippen LogP contribution is 2.40.